The molecule has 30 heavy (non-hydrogen) atoms. The number of rotatable bonds is 6. The summed E-state index contributed by atoms with van der Waals surface area (Å²) in [6.45, 7) is 18.6. The van der Waals surface area contributed by atoms with E-state index in [1.54, 1.807) is 0 Å². The molecule has 0 aromatic rings. The van der Waals surface area contributed by atoms with Crippen molar-refractivity contribution in [2.24, 2.45) is 69.4 Å². The predicted molar refractivity (Wildman–Crippen MR) is 129 cm³/mol. The van der Waals surface area contributed by atoms with Crippen LogP contribution in [0.3, 0.4) is 0 Å². The van der Waals surface area contributed by atoms with E-state index in [2.05, 4.69) is 67.2 Å². The van der Waals surface area contributed by atoms with Crippen LogP contribution in [-0.2, 0) is 0 Å². The van der Waals surface area contributed by atoms with Crippen LogP contribution in [0.2, 0.25) is 0 Å². The smallest absolute Gasteiger partial charge is 0.0770 e. The van der Waals surface area contributed by atoms with Crippen molar-refractivity contribution in [1.29, 1.82) is 0 Å². The summed E-state index contributed by atoms with van der Waals surface area (Å²) >= 11 is 0. The Morgan fingerprint density at radius 1 is 0.533 bits per heavy atom. The van der Waals surface area contributed by atoms with Gasteiger partial charge in [0.05, 0.1) is 12.1 Å². The van der Waals surface area contributed by atoms with Gasteiger partial charge in [0, 0.05) is 11.8 Å². The molecule has 0 aromatic carbocycles. The van der Waals surface area contributed by atoms with E-state index in [0.29, 0.717) is 71.3 Å². The number of hydrogen-bond donors (Lipinski definition) is 0. The van der Waals surface area contributed by atoms with Crippen molar-refractivity contribution in [2.45, 2.75) is 93.2 Å². The molecule has 2 aliphatic rings. The average Bonchev–Trinajstić information content (AvgIpc) is 2.70. The molecule has 0 N–H and O–H groups in total. The summed E-state index contributed by atoms with van der Waals surface area (Å²) < 4.78 is 0. The fraction of sp³-hybridized carbons (Fsp3) is 0.857. The number of nitrogens with zero attached hydrogens (tertiary/aromatic N) is 2. The Morgan fingerprint density at radius 3 is 0.933 bits per heavy atom. The normalized spacial score (nSPS) is 37.8. The molecule has 2 rings (SSSR count). The molecule has 2 nitrogen and oxygen atoms in total. The van der Waals surface area contributed by atoms with Gasteiger partial charge in [-0.05, 0) is 73.0 Å². The van der Waals surface area contributed by atoms with E-state index >= 15 is 0 Å². The summed E-state index contributed by atoms with van der Waals surface area (Å²) in [5.41, 5.74) is 0. The van der Waals surface area contributed by atoms with Crippen molar-refractivity contribution in [3.05, 3.63) is 0 Å². The summed E-state index contributed by atoms with van der Waals surface area (Å²) in [6.07, 6.45) is 16.1. The minimum Gasteiger partial charge on any atom is -0.190 e. The standard InChI is InChI=1S/C28H46N2/c1-11-21-13-23(17(3)4)27(24(14-21)18(5)6)29-30-28-25(19(7)8)15-22(12-2)16-26(28)20(9)10/h1-2,17-28H,13-16H2,3-10H3. The van der Waals surface area contributed by atoms with Gasteiger partial charge in [-0.25, -0.2) is 0 Å². The SMILES string of the molecule is C#CC1CC(C(C)C)C(N=NC2C(C(C)C)CC(C#C)CC2C(C)C)C(C(C)C)C1. The van der Waals surface area contributed by atoms with Gasteiger partial charge >= 0.3 is 0 Å². The first-order valence-corrected chi connectivity index (χ1v) is 12.4. The lowest BCUT2D eigenvalue weighted by Crippen LogP contribution is -2.42. The summed E-state index contributed by atoms with van der Waals surface area (Å²) in [6, 6.07) is 0.584. The zero-order valence-corrected chi connectivity index (χ0v) is 20.8. The van der Waals surface area contributed by atoms with E-state index in [1.165, 1.54) is 0 Å². The van der Waals surface area contributed by atoms with E-state index in [1.807, 2.05) is 0 Å². The summed E-state index contributed by atoms with van der Waals surface area (Å²) in [5.74, 6) is 11.3. The van der Waals surface area contributed by atoms with Crippen molar-refractivity contribution in [1.82, 2.24) is 0 Å². The number of terminal acetylenes is 2. The molecule has 0 saturated heterocycles. The second kappa shape index (κ2) is 10.8. The van der Waals surface area contributed by atoms with E-state index in [0.717, 1.165) is 25.7 Å². The van der Waals surface area contributed by atoms with Crippen LogP contribution in [-0.4, -0.2) is 12.1 Å². The van der Waals surface area contributed by atoms with Crippen molar-refractivity contribution in [3.63, 3.8) is 0 Å². The minimum atomic E-state index is 0.292. The van der Waals surface area contributed by atoms with Gasteiger partial charge in [-0.3, -0.25) is 0 Å². The largest absolute Gasteiger partial charge is 0.190 e. The van der Waals surface area contributed by atoms with Crippen molar-refractivity contribution in [3.8, 4) is 24.7 Å². The molecule has 0 heterocycles. The lowest BCUT2D eigenvalue weighted by molar-refractivity contribution is 0.0934. The van der Waals surface area contributed by atoms with Crippen molar-refractivity contribution in [2.75, 3.05) is 0 Å². The van der Waals surface area contributed by atoms with Crippen LogP contribution >= 0.6 is 0 Å². The summed E-state index contributed by atoms with van der Waals surface area (Å²) in [7, 11) is 0. The Morgan fingerprint density at radius 2 is 0.767 bits per heavy atom. The third-order valence-electron chi connectivity index (χ3n) is 8.21. The molecule has 2 aliphatic carbocycles. The maximum absolute atomic E-state index is 5.87. The second-order valence-electron chi connectivity index (χ2n) is 11.5. The molecule has 0 aromatic heterocycles. The average molecular weight is 411 g/mol. The minimum absolute atomic E-state index is 0.292. The quantitative estimate of drug-likeness (QED) is 0.323. The Kier molecular flexibility index (Phi) is 9.03. The van der Waals surface area contributed by atoms with E-state index in [9.17, 15) is 0 Å². The van der Waals surface area contributed by atoms with Gasteiger partial charge in [-0.1, -0.05) is 55.4 Å². The summed E-state index contributed by atoms with van der Waals surface area (Å²) in [5, 5.41) is 10.4. The van der Waals surface area contributed by atoms with Crippen LogP contribution in [0, 0.1) is 83.9 Å². The van der Waals surface area contributed by atoms with Gasteiger partial charge in [-0.15, -0.1) is 24.7 Å². The molecule has 0 spiro atoms. The molecule has 2 saturated carbocycles. The maximum atomic E-state index is 5.87. The fourth-order valence-corrected chi connectivity index (χ4v) is 6.13. The van der Waals surface area contributed by atoms with Gasteiger partial charge in [0.15, 0.2) is 0 Å². The monoisotopic (exact) mass is 410 g/mol. The first kappa shape index (κ1) is 25.0. The Balaban J connectivity index is 2.37. The Labute approximate surface area is 187 Å². The van der Waals surface area contributed by atoms with Crippen LogP contribution < -0.4 is 0 Å². The molecular weight excluding hydrogens is 364 g/mol. The highest BCUT2D eigenvalue weighted by molar-refractivity contribution is 5.05. The van der Waals surface area contributed by atoms with E-state index in [4.69, 9.17) is 23.1 Å². The molecule has 4 unspecified atom stereocenters. The van der Waals surface area contributed by atoms with Crippen molar-refractivity contribution < 1.29 is 0 Å². The fourth-order valence-electron chi connectivity index (χ4n) is 6.13. The number of hydrogen-bond acceptors (Lipinski definition) is 2. The van der Waals surface area contributed by atoms with Crippen LogP contribution in [0.5, 0.6) is 0 Å². The molecule has 168 valence electrons. The molecule has 2 heteroatoms. The van der Waals surface area contributed by atoms with Crippen LogP contribution in [0.1, 0.15) is 81.1 Å². The van der Waals surface area contributed by atoms with E-state index in [-0.39, 0.29) is 0 Å². The zero-order valence-electron chi connectivity index (χ0n) is 20.8. The summed E-state index contributed by atoms with van der Waals surface area (Å²) in [4.78, 5) is 0. The second-order valence-corrected chi connectivity index (χ2v) is 11.5. The lowest BCUT2D eigenvalue weighted by atomic mass is 9.65. The molecule has 0 bridgehead atoms. The third-order valence-corrected chi connectivity index (χ3v) is 8.21. The topological polar surface area (TPSA) is 24.7 Å². The van der Waals surface area contributed by atoms with Gasteiger partial charge in [-0.2, -0.15) is 10.2 Å². The maximum Gasteiger partial charge on any atom is 0.0770 e. The van der Waals surface area contributed by atoms with Crippen LogP contribution in [0.4, 0.5) is 0 Å². The highest BCUT2D eigenvalue weighted by atomic mass is 15.2. The van der Waals surface area contributed by atoms with Gasteiger partial charge in [0.2, 0.25) is 0 Å². The van der Waals surface area contributed by atoms with Gasteiger partial charge in [0.25, 0.3) is 0 Å². The highest BCUT2D eigenvalue weighted by Gasteiger charge is 2.43. The van der Waals surface area contributed by atoms with Crippen LogP contribution in [0.15, 0.2) is 10.2 Å². The molecule has 0 radical (unpaired) electrons. The van der Waals surface area contributed by atoms with Crippen molar-refractivity contribution >= 4 is 0 Å². The first-order chi connectivity index (χ1) is 14.1. The van der Waals surface area contributed by atoms with Gasteiger partial charge < -0.3 is 0 Å². The Hall–Kier alpha value is -1.28. The van der Waals surface area contributed by atoms with E-state index < -0.39 is 0 Å². The zero-order chi connectivity index (χ0) is 22.6. The molecular formula is C28H46N2. The third kappa shape index (κ3) is 5.69. The molecule has 2 fully saturated rings. The van der Waals surface area contributed by atoms with Crippen LogP contribution in [0.25, 0.3) is 0 Å². The molecule has 4 atom stereocenters. The lowest BCUT2D eigenvalue weighted by Gasteiger charge is -2.44. The highest BCUT2D eigenvalue weighted by Crippen LogP contribution is 2.45. The number of azo groups is 1. The molecule has 0 amide bonds. The van der Waals surface area contributed by atoms with Gasteiger partial charge in [0.1, 0.15) is 0 Å². The predicted octanol–water partition coefficient (Wildman–Crippen LogP) is 7.35. The first-order valence-electron chi connectivity index (χ1n) is 12.4. The Bertz CT molecular complexity index is 553. The molecule has 0 aliphatic heterocycles.